The van der Waals surface area contributed by atoms with E-state index in [-0.39, 0.29) is 6.54 Å². The SMILES string of the molecule is Cc1ccccc1C(N)CN(C)CC(F)(F)F. The Hall–Kier alpha value is -1.07. The monoisotopic (exact) mass is 246 g/mol. The van der Waals surface area contributed by atoms with Gasteiger partial charge in [0, 0.05) is 12.6 Å². The van der Waals surface area contributed by atoms with Crippen molar-refractivity contribution in [1.82, 2.24) is 4.90 Å². The Morgan fingerprint density at radius 2 is 1.88 bits per heavy atom. The second kappa shape index (κ2) is 5.51. The molecule has 0 saturated heterocycles. The lowest BCUT2D eigenvalue weighted by Gasteiger charge is -2.23. The summed E-state index contributed by atoms with van der Waals surface area (Å²) in [6.07, 6.45) is -4.18. The van der Waals surface area contributed by atoms with E-state index in [1.54, 1.807) is 0 Å². The molecule has 0 radical (unpaired) electrons. The van der Waals surface area contributed by atoms with E-state index in [1.165, 1.54) is 11.9 Å². The van der Waals surface area contributed by atoms with Crippen LogP contribution in [-0.4, -0.2) is 31.2 Å². The van der Waals surface area contributed by atoms with E-state index in [4.69, 9.17) is 5.73 Å². The van der Waals surface area contributed by atoms with Crippen LogP contribution in [0.4, 0.5) is 13.2 Å². The number of hydrogen-bond donors (Lipinski definition) is 1. The van der Waals surface area contributed by atoms with Crippen molar-refractivity contribution < 1.29 is 13.2 Å². The van der Waals surface area contributed by atoms with Gasteiger partial charge in [0.2, 0.25) is 0 Å². The van der Waals surface area contributed by atoms with E-state index in [9.17, 15) is 13.2 Å². The quantitative estimate of drug-likeness (QED) is 0.884. The number of rotatable bonds is 4. The number of benzene rings is 1. The topological polar surface area (TPSA) is 29.3 Å². The van der Waals surface area contributed by atoms with Gasteiger partial charge in [0.15, 0.2) is 0 Å². The lowest BCUT2D eigenvalue weighted by Crippen LogP contribution is -2.36. The third-order valence-corrected chi connectivity index (χ3v) is 2.55. The van der Waals surface area contributed by atoms with Gasteiger partial charge in [-0.1, -0.05) is 24.3 Å². The molecule has 0 heterocycles. The highest BCUT2D eigenvalue weighted by atomic mass is 19.4. The van der Waals surface area contributed by atoms with Crippen molar-refractivity contribution >= 4 is 0 Å². The van der Waals surface area contributed by atoms with Crippen LogP contribution in [0.25, 0.3) is 0 Å². The zero-order valence-corrected chi connectivity index (χ0v) is 9.96. The standard InChI is InChI=1S/C12H17F3N2/c1-9-5-3-4-6-10(9)11(16)7-17(2)8-12(13,14)15/h3-6,11H,7-8,16H2,1-2H3. The highest BCUT2D eigenvalue weighted by molar-refractivity contribution is 5.28. The van der Waals surface area contributed by atoms with Gasteiger partial charge in [0.05, 0.1) is 6.54 Å². The number of alkyl halides is 3. The molecular weight excluding hydrogens is 229 g/mol. The van der Waals surface area contributed by atoms with Crippen molar-refractivity contribution in [1.29, 1.82) is 0 Å². The second-order valence-electron chi connectivity index (χ2n) is 4.28. The first kappa shape index (κ1) is 14.0. The van der Waals surface area contributed by atoms with Crippen LogP contribution in [0.2, 0.25) is 0 Å². The second-order valence-corrected chi connectivity index (χ2v) is 4.28. The van der Waals surface area contributed by atoms with Gasteiger partial charge in [-0.3, -0.25) is 4.90 Å². The van der Waals surface area contributed by atoms with Gasteiger partial charge < -0.3 is 5.73 Å². The number of hydrogen-bond acceptors (Lipinski definition) is 2. The molecule has 1 atom stereocenters. The summed E-state index contributed by atoms with van der Waals surface area (Å²) in [6.45, 7) is 1.15. The van der Waals surface area contributed by atoms with Crippen LogP contribution in [0.3, 0.4) is 0 Å². The number of nitrogens with zero attached hydrogens (tertiary/aromatic N) is 1. The minimum absolute atomic E-state index is 0.185. The van der Waals surface area contributed by atoms with Crippen molar-refractivity contribution in [3.63, 3.8) is 0 Å². The van der Waals surface area contributed by atoms with Crippen LogP contribution in [0.5, 0.6) is 0 Å². The molecule has 17 heavy (non-hydrogen) atoms. The van der Waals surface area contributed by atoms with Gasteiger partial charge in [0.25, 0.3) is 0 Å². The molecule has 0 aliphatic rings. The van der Waals surface area contributed by atoms with Crippen LogP contribution >= 0.6 is 0 Å². The Bertz CT molecular complexity index is 363. The van der Waals surface area contributed by atoms with Crippen LogP contribution in [0, 0.1) is 6.92 Å². The molecule has 0 aliphatic heterocycles. The molecule has 1 aromatic rings. The summed E-state index contributed by atoms with van der Waals surface area (Å²) < 4.78 is 36.5. The molecule has 0 amide bonds. The molecule has 0 aliphatic carbocycles. The molecule has 5 heteroatoms. The predicted molar refractivity (Wildman–Crippen MR) is 61.7 cm³/mol. The Morgan fingerprint density at radius 1 is 1.29 bits per heavy atom. The lowest BCUT2D eigenvalue weighted by molar-refractivity contribution is -0.143. The number of halogens is 3. The Labute approximate surface area is 99.2 Å². The van der Waals surface area contributed by atoms with Gasteiger partial charge in [-0.25, -0.2) is 0 Å². The largest absolute Gasteiger partial charge is 0.401 e. The molecule has 0 bridgehead atoms. The normalized spacial score (nSPS) is 14.1. The van der Waals surface area contributed by atoms with Crippen LogP contribution in [-0.2, 0) is 0 Å². The molecular formula is C12H17F3N2. The van der Waals surface area contributed by atoms with Gasteiger partial charge >= 0.3 is 6.18 Å². The average Bonchev–Trinajstić information content (AvgIpc) is 2.14. The smallest absolute Gasteiger partial charge is 0.323 e. The summed E-state index contributed by atoms with van der Waals surface area (Å²) in [6, 6.07) is 7.07. The molecule has 0 fully saturated rings. The highest BCUT2D eigenvalue weighted by Crippen LogP contribution is 2.19. The van der Waals surface area contributed by atoms with Crippen molar-refractivity contribution in [2.45, 2.75) is 19.1 Å². The molecule has 1 rings (SSSR count). The average molecular weight is 246 g/mol. The summed E-state index contributed by atoms with van der Waals surface area (Å²) in [5.41, 5.74) is 7.80. The maximum absolute atomic E-state index is 12.2. The molecule has 0 saturated carbocycles. The fraction of sp³-hybridized carbons (Fsp3) is 0.500. The summed E-state index contributed by atoms with van der Waals surface area (Å²) in [4.78, 5) is 1.19. The first-order valence-electron chi connectivity index (χ1n) is 5.36. The first-order chi connectivity index (χ1) is 7.79. The summed E-state index contributed by atoms with van der Waals surface area (Å²) in [5, 5.41) is 0. The predicted octanol–water partition coefficient (Wildman–Crippen LogP) is 2.49. The van der Waals surface area contributed by atoms with Crippen LogP contribution in [0.15, 0.2) is 24.3 Å². The van der Waals surface area contributed by atoms with Crippen molar-refractivity contribution in [2.75, 3.05) is 20.1 Å². The minimum atomic E-state index is -4.18. The van der Waals surface area contributed by atoms with Crippen molar-refractivity contribution in [3.8, 4) is 0 Å². The van der Waals surface area contributed by atoms with Crippen LogP contribution in [0.1, 0.15) is 17.2 Å². The zero-order valence-electron chi connectivity index (χ0n) is 9.96. The molecule has 1 aromatic carbocycles. The van der Waals surface area contributed by atoms with E-state index < -0.39 is 18.8 Å². The molecule has 1 unspecified atom stereocenters. The molecule has 2 N–H and O–H groups in total. The molecule has 0 aromatic heterocycles. The fourth-order valence-corrected chi connectivity index (χ4v) is 1.81. The molecule has 0 spiro atoms. The van der Waals surface area contributed by atoms with Crippen molar-refractivity contribution in [2.24, 2.45) is 5.73 Å². The maximum atomic E-state index is 12.2. The molecule has 2 nitrogen and oxygen atoms in total. The van der Waals surface area contributed by atoms with Gasteiger partial charge in [-0.2, -0.15) is 13.2 Å². The molecule has 96 valence electrons. The zero-order chi connectivity index (χ0) is 13.1. The summed E-state index contributed by atoms with van der Waals surface area (Å²) in [7, 11) is 1.42. The number of likely N-dealkylation sites (N-methyl/N-ethyl adjacent to an activating group) is 1. The van der Waals surface area contributed by atoms with E-state index in [2.05, 4.69) is 0 Å². The number of nitrogens with two attached hydrogens (primary N) is 1. The lowest BCUT2D eigenvalue weighted by atomic mass is 10.0. The third kappa shape index (κ3) is 4.75. The Morgan fingerprint density at radius 3 is 2.41 bits per heavy atom. The van der Waals surface area contributed by atoms with Crippen molar-refractivity contribution in [3.05, 3.63) is 35.4 Å². The van der Waals surface area contributed by atoms with E-state index >= 15 is 0 Å². The van der Waals surface area contributed by atoms with Gasteiger partial charge in [-0.15, -0.1) is 0 Å². The van der Waals surface area contributed by atoms with E-state index in [0.29, 0.717) is 0 Å². The Balaban J connectivity index is 2.61. The number of aryl methyl sites for hydroxylation is 1. The summed E-state index contributed by atoms with van der Waals surface area (Å²) >= 11 is 0. The highest BCUT2D eigenvalue weighted by Gasteiger charge is 2.29. The first-order valence-corrected chi connectivity index (χ1v) is 5.36. The Kier molecular flexibility index (Phi) is 4.54. The van der Waals surface area contributed by atoms with E-state index in [1.807, 2.05) is 31.2 Å². The maximum Gasteiger partial charge on any atom is 0.401 e. The van der Waals surface area contributed by atoms with Gasteiger partial charge in [0.1, 0.15) is 0 Å². The minimum Gasteiger partial charge on any atom is -0.323 e. The summed E-state index contributed by atoms with van der Waals surface area (Å²) in [5.74, 6) is 0. The van der Waals surface area contributed by atoms with E-state index in [0.717, 1.165) is 11.1 Å². The van der Waals surface area contributed by atoms with Gasteiger partial charge in [-0.05, 0) is 25.1 Å². The van der Waals surface area contributed by atoms with Crippen LogP contribution < -0.4 is 5.73 Å². The third-order valence-electron chi connectivity index (χ3n) is 2.55. The fourth-order valence-electron chi connectivity index (χ4n) is 1.81.